The van der Waals surface area contributed by atoms with Crippen LogP contribution in [0.3, 0.4) is 0 Å². The molecule has 0 bridgehead atoms. The lowest BCUT2D eigenvalue weighted by atomic mass is 9.94. The number of aliphatic hydroxyl groups is 1. The lowest BCUT2D eigenvalue weighted by Crippen LogP contribution is -2.00. The smallest absolute Gasteiger partial charge is 0.122 e. The summed E-state index contributed by atoms with van der Waals surface area (Å²) >= 11 is 0. The molecule has 0 aliphatic carbocycles. The van der Waals surface area contributed by atoms with E-state index in [4.69, 9.17) is 9.84 Å². The van der Waals surface area contributed by atoms with Crippen molar-refractivity contribution in [3.8, 4) is 28.0 Å². The molecule has 0 radical (unpaired) electrons. The van der Waals surface area contributed by atoms with Crippen LogP contribution in [0.5, 0.6) is 5.75 Å². The van der Waals surface area contributed by atoms with Gasteiger partial charge in [0.2, 0.25) is 0 Å². The molecule has 0 aromatic heterocycles. The lowest BCUT2D eigenvalue weighted by molar-refractivity contribution is 0.103. The van der Waals surface area contributed by atoms with Gasteiger partial charge in [0, 0.05) is 18.8 Å². The average Bonchev–Trinajstić information content (AvgIpc) is 2.67. The largest absolute Gasteiger partial charge is 0.508 e. The van der Waals surface area contributed by atoms with Gasteiger partial charge in [-0.25, -0.2) is 0 Å². The van der Waals surface area contributed by atoms with Crippen LogP contribution >= 0.6 is 0 Å². The Bertz CT molecular complexity index is 798. The highest BCUT2D eigenvalue weighted by Crippen LogP contribution is 2.36. The molecule has 3 nitrogen and oxygen atoms in total. The zero-order valence-corrected chi connectivity index (χ0v) is 14.1. The Morgan fingerprint density at radius 3 is 2.04 bits per heavy atom. The number of aromatic hydroxyl groups is 1. The fourth-order valence-electron chi connectivity index (χ4n) is 2.82. The highest BCUT2D eigenvalue weighted by molar-refractivity contribution is 5.78. The van der Waals surface area contributed by atoms with Gasteiger partial charge in [-0.15, -0.1) is 0 Å². The summed E-state index contributed by atoms with van der Waals surface area (Å²) in [7, 11) is 0. The van der Waals surface area contributed by atoms with Crippen molar-refractivity contribution in [2.24, 2.45) is 0 Å². The fourth-order valence-corrected chi connectivity index (χ4v) is 2.82. The fraction of sp³-hybridized carbons (Fsp3) is 0.182. The molecule has 0 saturated heterocycles. The van der Waals surface area contributed by atoms with Crippen LogP contribution in [0.2, 0.25) is 0 Å². The van der Waals surface area contributed by atoms with Crippen molar-refractivity contribution in [1.82, 2.24) is 0 Å². The van der Waals surface area contributed by atoms with Crippen LogP contribution in [0.15, 0.2) is 72.8 Å². The Morgan fingerprint density at radius 2 is 1.40 bits per heavy atom. The van der Waals surface area contributed by atoms with Crippen molar-refractivity contribution in [2.75, 3.05) is 13.2 Å². The van der Waals surface area contributed by atoms with E-state index in [-0.39, 0.29) is 12.4 Å². The molecule has 0 amide bonds. The molecule has 0 unspecified atom stereocenters. The Morgan fingerprint density at radius 1 is 0.760 bits per heavy atom. The van der Waals surface area contributed by atoms with E-state index in [1.165, 1.54) is 0 Å². The topological polar surface area (TPSA) is 49.7 Å². The van der Waals surface area contributed by atoms with Crippen LogP contribution in [-0.2, 0) is 11.3 Å². The minimum atomic E-state index is 0.102. The van der Waals surface area contributed by atoms with Gasteiger partial charge in [-0.3, -0.25) is 0 Å². The first-order valence-electron chi connectivity index (χ1n) is 8.45. The van der Waals surface area contributed by atoms with Gasteiger partial charge in [0.05, 0.1) is 6.61 Å². The lowest BCUT2D eigenvalue weighted by Gasteiger charge is -2.15. The Kier molecular flexibility index (Phi) is 5.83. The normalized spacial score (nSPS) is 10.8. The van der Waals surface area contributed by atoms with Gasteiger partial charge >= 0.3 is 0 Å². The van der Waals surface area contributed by atoms with E-state index in [0.29, 0.717) is 19.6 Å². The van der Waals surface area contributed by atoms with Gasteiger partial charge in [0.15, 0.2) is 0 Å². The highest BCUT2D eigenvalue weighted by Gasteiger charge is 2.13. The zero-order valence-electron chi connectivity index (χ0n) is 14.1. The number of hydrogen-bond donors (Lipinski definition) is 2. The molecule has 3 aromatic rings. The maximum atomic E-state index is 10.6. The zero-order chi connectivity index (χ0) is 17.5. The Labute approximate surface area is 148 Å². The first-order valence-corrected chi connectivity index (χ1v) is 8.45. The Balaban J connectivity index is 2.02. The van der Waals surface area contributed by atoms with Crippen LogP contribution in [0.1, 0.15) is 12.0 Å². The summed E-state index contributed by atoms with van der Waals surface area (Å²) in [4.78, 5) is 0. The minimum Gasteiger partial charge on any atom is -0.508 e. The first kappa shape index (κ1) is 17.2. The first-order chi connectivity index (χ1) is 12.3. The van der Waals surface area contributed by atoms with E-state index < -0.39 is 0 Å². The minimum absolute atomic E-state index is 0.102. The quantitative estimate of drug-likeness (QED) is 0.620. The molecule has 0 saturated carbocycles. The number of phenolic OH excluding ortho intramolecular Hbond substituents is 1. The van der Waals surface area contributed by atoms with Crippen LogP contribution in [0.4, 0.5) is 0 Å². The Hall–Kier alpha value is -2.62. The molecule has 0 aliphatic rings. The van der Waals surface area contributed by atoms with E-state index in [1.54, 1.807) is 6.07 Å². The summed E-state index contributed by atoms with van der Waals surface area (Å²) in [5.74, 6) is 0.226. The SMILES string of the molecule is OCCCOCc1c(O)cc(-c2ccccc2)cc1-c1ccccc1. The second-order valence-electron chi connectivity index (χ2n) is 5.88. The molecular weight excluding hydrogens is 312 g/mol. The maximum Gasteiger partial charge on any atom is 0.122 e. The van der Waals surface area contributed by atoms with Crippen molar-refractivity contribution in [2.45, 2.75) is 13.0 Å². The van der Waals surface area contributed by atoms with Gasteiger partial charge in [0.1, 0.15) is 5.75 Å². The predicted molar refractivity (Wildman–Crippen MR) is 100 cm³/mol. The molecule has 3 aromatic carbocycles. The predicted octanol–water partition coefficient (Wildman–Crippen LogP) is 4.63. The summed E-state index contributed by atoms with van der Waals surface area (Å²) in [5, 5.41) is 19.5. The number of hydrogen-bond acceptors (Lipinski definition) is 3. The molecule has 3 rings (SSSR count). The number of rotatable bonds is 7. The van der Waals surface area contributed by atoms with E-state index >= 15 is 0 Å². The third-order valence-corrected chi connectivity index (χ3v) is 4.11. The van der Waals surface area contributed by atoms with Crippen molar-refractivity contribution < 1.29 is 14.9 Å². The number of benzene rings is 3. The van der Waals surface area contributed by atoms with Crippen molar-refractivity contribution in [1.29, 1.82) is 0 Å². The van der Waals surface area contributed by atoms with Crippen LogP contribution < -0.4 is 0 Å². The number of ether oxygens (including phenoxy) is 1. The second-order valence-corrected chi connectivity index (χ2v) is 5.88. The highest BCUT2D eigenvalue weighted by atomic mass is 16.5. The van der Waals surface area contributed by atoms with E-state index in [1.807, 2.05) is 60.7 Å². The van der Waals surface area contributed by atoms with Crippen molar-refractivity contribution in [3.05, 3.63) is 78.4 Å². The second kappa shape index (κ2) is 8.47. The van der Waals surface area contributed by atoms with Crippen molar-refractivity contribution >= 4 is 0 Å². The number of aliphatic hydroxyl groups excluding tert-OH is 1. The summed E-state index contributed by atoms with van der Waals surface area (Å²) in [5.41, 5.74) is 4.79. The van der Waals surface area contributed by atoms with Gasteiger partial charge in [-0.05, 0) is 40.8 Å². The summed E-state index contributed by atoms with van der Waals surface area (Å²) in [6.45, 7) is 0.875. The molecule has 0 spiro atoms. The van der Waals surface area contributed by atoms with Crippen LogP contribution in [0, 0.1) is 0 Å². The third kappa shape index (κ3) is 4.27. The monoisotopic (exact) mass is 334 g/mol. The van der Waals surface area contributed by atoms with Gasteiger partial charge in [-0.2, -0.15) is 0 Å². The molecule has 3 heteroatoms. The molecular formula is C22H22O3. The molecule has 2 N–H and O–H groups in total. The summed E-state index contributed by atoms with van der Waals surface area (Å²) < 4.78 is 5.63. The average molecular weight is 334 g/mol. The molecule has 25 heavy (non-hydrogen) atoms. The number of phenols is 1. The molecule has 0 heterocycles. The van der Waals surface area contributed by atoms with E-state index in [0.717, 1.165) is 27.8 Å². The summed E-state index contributed by atoms with van der Waals surface area (Å²) in [6, 6.07) is 23.9. The standard InChI is InChI=1S/C22H22O3/c23-12-7-13-25-16-21-20(18-10-5-2-6-11-18)14-19(15-22(21)24)17-8-3-1-4-9-17/h1-6,8-11,14-15,23-24H,7,12-13,16H2. The molecule has 0 atom stereocenters. The van der Waals surface area contributed by atoms with Gasteiger partial charge in [-0.1, -0.05) is 60.7 Å². The summed E-state index contributed by atoms with van der Waals surface area (Å²) in [6.07, 6.45) is 0.587. The van der Waals surface area contributed by atoms with E-state index in [2.05, 4.69) is 6.07 Å². The third-order valence-electron chi connectivity index (χ3n) is 4.11. The molecule has 0 fully saturated rings. The molecule has 0 aliphatic heterocycles. The molecule has 128 valence electrons. The van der Waals surface area contributed by atoms with Crippen LogP contribution in [-0.4, -0.2) is 23.4 Å². The van der Waals surface area contributed by atoms with Crippen LogP contribution in [0.25, 0.3) is 22.3 Å². The maximum absolute atomic E-state index is 10.6. The van der Waals surface area contributed by atoms with Gasteiger partial charge < -0.3 is 14.9 Å². The van der Waals surface area contributed by atoms with E-state index in [9.17, 15) is 5.11 Å². The van der Waals surface area contributed by atoms with Crippen molar-refractivity contribution in [3.63, 3.8) is 0 Å². The van der Waals surface area contributed by atoms with Gasteiger partial charge in [0.25, 0.3) is 0 Å².